The van der Waals surface area contributed by atoms with Gasteiger partial charge >= 0.3 is 0 Å². The number of anilines is 3. The van der Waals surface area contributed by atoms with Gasteiger partial charge in [-0.25, -0.2) is 4.98 Å². The van der Waals surface area contributed by atoms with E-state index in [0.29, 0.717) is 22.4 Å². The second-order valence-electron chi connectivity index (χ2n) is 4.28. The van der Waals surface area contributed by atoms with Crippen molar-refractivity contribution in [1.29, 1.82) is 0 Å². The highest BCUT2D eigenvalue weighted by molar-refractivity contribution is 14.1. The molecule has 0 bridgehead atoms. The van der Waals surface area contributed by atoms with Crippen molar-refractivity contribution < 1.29 is 0 Å². The maximum atomic E-state index is 5.98. The fourth-order valence-corrected chi connectivity index (χ4v) is 2.89. The van der Waals surface area contributed by atoms with Gasteiger partial charge in [0.1, 0.15) is 5.52 Å². The van der Waals surface area contributed by atoms with Crippen molar-refractivity contribution in [2.24, 2.45) is 0 Å². The number of aromatic nitrogens is 4. The molecule has 21 heavy (non-hydrogen) atoms. The maximum absolute atomic E-state index is 5.98. The molecular formula is C13H12ClIN6. The number of fused-ring (bicyclic) bond motifs is 1. The van der Waals surface area contributed by atoms with E-state index in [1.807, 2.05) is 25.1 Å². The second kappa shape index (κ2) is 6.02. The molecule has 0 spiro atoms. The average molecular weight is 415 g/mol. The van der Waals surface area contributed by atoms with Crippen LogP contribution in [0.15, 0.2) is 24.5 Å². The van der Waals surface area contributed by atoms with Crippen molar-refractivity contribution >= 4 is 62.8 Å². The molecular weight excluding hydrogens is 403 g/mol. The monoisotopic (exact) mass is 414 g/mol. The van der Waals surface area contributed by atoms with Gasteiger partial charge in [0.25, 0.3) is 0 Å². The van der Waals surface area contributed by atoms with Gasteiger partial charge in [0.15, 0.2) is 11.5 Å². The molecule has 2 heterocycles. The summed E-state index contributed by atoms with van der Waals surface area (Å²) in [4.78, 5) is 16.1. The quantitative estimate of drug-likeness (QED) is 0.566. The van der Waals surface area contributed by atoms with E-state index in [-0.39, 0.29) is 0 Å². The van der Waals surface area contributed by atoms with Gasteiger partial charge in [-0.3, -0.25) is 0 Å². The molecule has 3 rings (SSSR count). The van der Waals surface area contributed by atoms with Crippen LogP contribution in [0.4, 0.5) is 17.5 Å². The molecule has 0 aliphatic carbocycles. The van der Waals surface area contributed by atoms with E-state index in [0.717, 1.165) is 21.3 Å². The number of benzene rings is 1. The van der Waals surface area contributed by atoms with Crippen LogP contribution in [-0.2, 0) is 0 Å². The Bertz CT molecular complexity index is 787. The van der Waals surface area contributed by atoms with E-state index in [1.54, 1.807) is 6.33 Å². The standard InChI is InChI=1S/C13H12ClIN6/c1-2-16-13-20-11-10(17-6-18-11)12(21-13)19-9-4-3-7(14)5-8(9)15/h3-6H,2H2,1H3,(H3,16,17,18,19,20,21). The lowest BCUT2D eigenvalue weighted by atomic mass is 10.3. The summed E-state index contributed by atoms with van der Waals surface area (Å²) >= 11 is 8.21. The first-order valence-electron chi connectivity index (χ1n) is 6.34. The molecule has 0 saturated carbocycles. The van der Waals surface area contributed by atoms with E-state index in [2.05, 4.69) is 53.2 Å². The third-order valence-corrected chi connectivity index (χ3v) is 3.93. The molecule has 0 amide bonds. The van der Waals surface area contributed by atoms with Crippen LogP contribution in [0.3, 0.4) is 0 Å². The van der Waals surface area contributed by atoms with Crippen LogP contribution < -0.4 is 10.6 Å². The van der Waals surface area contributed by atoms with E-state index < -0.39 is 0 Å². The SMILES string of the molecule is CCNc1nc(Nc2ccc(Cl)cc2I)c2[nH]cnc2n1. The highest BCUT2D eigenvalue weighted by Gasteiger charge is 2.11. The van der Waals surface area contributed by atoms with E-state index >= 15 is 0 Å². The zero-order chi connectivity index (χ0) is 14.8. The zero-order valence-electron chi connectivity index (χ0n) is 11.1. The third kappa shape index (κ3) is 3.03. The minimum absolute atomic E-state index is 0.545. The van der Waals surface area contributed by atoms with Crippen molar-refractivity contribution in [3.63, 3.8) is 0 Å². The number of rotatable bonds is 4. The molecule has 3 N–H and O–H groups in total. The number of aromatic amines is 1. The van der Waals surface area contributed by atoms with E-state index in [9.17, 15) is 0 Å². The van der Waals surface area contributed by atoms with Crippen molar-refractivity contribution in [1.82, 2.24) is 19.9 Å². The van der Waals surface area contributed by atoms with E-state index in [1.165, 1.54) is 0 Å². The highest BCUT2D eigenvalue weighted by Crippen LogP contribution is 2.27. The summed E-state index contributed by atoms with van der Waals surface area (Å²) in [6.07, 6.45) is 1.60. The molecule has 0 saturated heterocycles. The van der Waals surface area contributed by atoms with E-state index in [4.69, 9.17) is 11.6 Å². The van der Waals surface area contributed by atoms with Gasteiger partial charge in [0.05, 0.1) is 12.0 Å². The van der Waals surface area contributed by atoms with Crippen molar-refractivity contribution in [2.75, 3.05) is 17.2 Å². The first-order chi connectivity index (χ1) is 10.2. The van der Waals surface area contributed by atoms with Crippen molar-refractivity contribution in [3.05, 3.63) is 33.1 Å². The molecule has 3 aromatic rings. The van der Waals surface area contributed by atoms with Gasteiger partial charge in [0.2, 0.25) is 5.95 Å². The summed E-state index contributed by atoms with van der Waals surface area (Å²) in [5.74, 6) is 1.22. The Morgan fingerprint density at radius 2 is 2.19 bits per heavy atom. The Labute approximate surface area is 139 Å². The Balaban J connectivity index is 2.04. The Morgan fingerprint density at radius 1 is 1.33 bits per heavy atom. The van der Waals surface area contributed by atoms with Crippen molar-refractivity contribution in [3.8, 4) is 0 Å². The molecule has 0 fully saturated rings. The number of H-pyrrole nitrogens is 1. The second-order valence-corrected chi connectivity index (χ2v) is 5.88. The lowest BCUT2D eigenvalue weighted by Crippen LogP contribution is -2.05. The predicted molar refractivity (Wildman–Crippen MR) is 93.3 cm³/mol. The van der Waals surface area contributed by atoms with Gasteiger partial charge < -0.3 is 15.6 Å². The van der Waals surface area contributed by atoms with Gasteiger partial charge in [0, 0.05) is 15.1 Å². The smallest absolute Gasteiger partial charge is 0.226 e. The Morgan fingerprint density at radius 3 is 2.95 bits per heavy atom. The normalized spacial score (nSPS) is 10.8. The minimum Gasteiger partial charge on any atom is -0.354 e. The lowest BCUT2D eigenvalue weighted by molar-refractivity contribution is 1.10. The summed E-state index contributed by atoms with van der Waals surface area (Å²) in [6.45, 7) is 2.74. The van der Waals surface area contributed by atoms with Crippen LogP contribution >= 0.6 is 34.2 Å². The summed E-state index contributed by atoms with van der Waals surface area (Å²) < 4.78 is 1.01. The fraction of sp³-hybridized carbons (Fsp3) is 0.154. The summed E-state index contributed by atoms with van der Waals surface area (Å²) in [5, 5.41) is 7.10. The molecule has 0 atom stereocenters. The maximum Gasteiger partial charge on any atom is 0.226 e. The summed E-state index contributed by atoms with van der Waals surface area (Å²) in [6, 6.07) is 5.64. The highest BCUT2D eigenvalue weighted by atomic mass is 127. The Kier molecular flexibility index (Phi) is 4.11. The minimum atomic E-state index is 0.545. The molecule has 0 unspecified atom stereocenters. The molecule has 0 radical (unpaired) electrons. The largest absolute Gasteiger partial charge is 0.354 e. The molecule has 108 valence electrons. The van der Waals surface area contributed by atoms with Crippen LogP contribution in [0.25, 0.3) is 11.2 Å². The number of hydrogen-bond donors (Lipinski definition) is 3. The zero-order valence-corrected chi connectivity index (χ0v) is 14.0. The van der Waals surface area contributed by atoms with Crippen molar-refractivity contribution in [2.45, 2.75) is 6.92 Å². The average Bonchev–Trinajstić information content (AvgIpc) is 2.91. The molecule has 0 aliphatic heterocycles. The van der Waals surface area contributed by atoms with Crippen LogP contribution in [0.1, 0.15) is 6.92 Å². The lowest BCUT2D eigenvalue weighted by Gasteiger charge is -2.10. The molecule has 8 heteroatoms. The number of hydrogen-bond acceptors (Lipinski definition) is 5. The number of imidazole rings is 1. The first-order valence-corrected chi connectivity index (χ1v) is 7.80. The molecule has 6 nitrogen and oxygen atoms in total. The first kappa shape index (κ1) is 14.3. The third-order valence-electron chi connectivity index (χ3n) is 2.80. The van der Waals surface area contributed by atoms with Crippen LogP contribution in [-0.4, -0.2) is 26.5 Å². The molecule has 1 aromatic carbocycles. The predicted octanol–water partition coefficient (Wildman–Crippen LogP) is 3.79. The number of nitrogens with one attached hydrogen (secondary N) is 3. The molecule has 0 aliphatic rings. The molecule has 2 aromatic heterocycles. The van der Waals surface area contributed by atoms with Gasteiger partial charge in [-0.1, -0.05) is 11.6 Å². The van der Waals surface area contributed by atoms with Gasteiger partial charge in [-0.15, -0.1) is 0 Å². The Hall–Kier alpha value is -1.61. The van der Waals surface area contributed by atoms with Gasteiger partial charge in [-0.05, 0) is 47.7 Å². The van der Waals surface area contributed by atoms with Gasteiger partial charge in [-0.2, -0.15) is 9.97 Å². The fourth-order valence-electron chi connectivity index (χ4n) is 1.88. The summed E-state index contributed by atoms with van der Waals surface area (Å²) in [5.41, 5.74) is 2.31. The van der Waals surface area contributed by atoms with Crippen LogP contribution in [0, 0.1) is 3.57 Å². The number of nitrogens with zero attached hydrogens (tertiary/aromatic N) is 3. The summed E-state index contributed by atoms with van der Waals surface area (Å²) in [7, 11) is 0. The topological polar surface area (TPSA) is 78.5 Å². The van der Waals surface area contributed by atoms with Crippen LogP contribution in [0.2, 0.25) is 5.02 Å². The number of halogens is 2. The van der Waals surface area contributed by atoms with Crippen LogP contribution in [0.5, 0.6) is 0 Å².